The number of hydrogen-bond donors (Lipinski definition) is 1. The van der Waals surface area contributed by atoms with Crippen molar-refractivity contribution in [3.05, 3.63) is 65.5 Å². The highest BCUT2D eigenvalue weighted by Crippen LogP contribution is 2.45. The summed E-state index contributed by atoms with van der Waals surface area (Å²) < 4.78 is 6.89. The van der Waals surface area contributed by atoms with Crippen LogP contribution in [-0.2, 0) is 9.53 Å². The van der Waals surface area contributed by atoms with E-state index in [1.54, 1.807) is 12.3 Å². The molecule has 1 aliphatic carbocycles. The van der Waals surface area contributed by atoms with E-state index in [1.165, 1.54) is 13.2 Å². The lowest BCUT2D eigenvalue weighted by atomic mass is 9.90. The Morgan fingerprint density at radius 2 is 1.73 bits per heavy atom. The summed E-state index contributed by atoms with van der Waals surface area (Å²) in [6.07, 6.45) is 10.8. The normalized spacial score (nSPS) is 15.2. The number of amides is 2. The molecule has 2 N–H and O–H groups in total. The summed E-state index contributed by atoms with van der Waals surface area (Å²) in [5.74, 6) is 0.196. The molecule has 0 radical (unpaired) electrons. The molecule has 37 heavy (non-hydrogen) atoms. The predicted octanol–water partition coefficient (Wildman–Crippen LogP) is 6.74. The van der Waals surface area contributed by atoms with Crippen molar-refractivity contribution in [3.63, 3.8) is 0 Å². The van der Waals surface area contributed by atoms with Gasteiger partial charge in [0.05, 0.1) is 12.8 Å². The fraction of sp³-hybridized carbons (Fsp3) is 0.433. The zero-order valence-electron chi connectivity index (χ0n) is 22.5. The van der Waals surface area contributed by atoms with Crippen LogP contribution in [0.2, 0.25) is 0 Å². The lowest BCUT2D eigenvalue weighted by Crippen LogP contribution is -2.45. The van der Waals surface area contributed by atoms with Crippen molar-refractivity contribution in [2.24, 2.45) is 11.7 Å². The number of para-hydroxylation sites is 1. The minimum absolute atomic E-state index is 0.206. The highest BCUT2D eigenvalue weighted by Gasteiger charge is 2.38. The summed E-state index contributed by atoms with van der Waals surface area (Å²) in [6.45, 7) is 8.59. The number of ether oxygens (including phenoxy) is 1. The van der Waals surface area contributed by atoms with E-state index in [1.807, 2.05) is 23.2 Å². The van der Waals surface area contributed by atoms with Gasteiger partial charge in [-0.3, -0.25) is 4.90 Å². The zero-order chi connectivity index (χ0) is 26.7. The second-order valence-corrected chi connectivity index (χ2v) is 10.5. The number of carbonyl (C=O) groups is 2. The number of anilines is 1. The number of rotatable bonds is 8. The van der Waals surface area contributed by atoms with E-state index < -0.39 is 12.0 Å². The summed E-state index contributed by atoms with van der Waals surface area (Å²) >= 11 is 0. The molecule has 7 nitrogen and oxygen atoms in total. The van der Waals surface area contributed by atoms with Crippen LogP contribution >= 0.6 is 0 Å². The van der Waals surface area contributed by atoms with Gasteiger partial charge in [0.15, 0.2) is 0 Å². The van der Waals surface area contributed by atoms with E-state index in [9.17, 15) is 9.59 Å². The number of urea groups is 1. The molecule has 1 unspecified atom stereocenters. The Morgan fingerprint density at radius 1 is 1.08 bits per heavy atom. The van der Waals surface area contributed by atoms with Gasteiger partial charge in [-0.05, 0) is 59.9 Å². The number of hydrogen-bond acceptors (Lipinski definition) is 4. The molecule has 1 fully saturated rings. The van der Waals surface area contributed by atoms with E-state index in [2.05, 4.69) is 50.5 Å². The van der Waals surface area contributed by atoms with Crippen LogP contribution < -0.4 is 10.6 Å². The highest BCUT2D eigenvalue weighted by atomic mass is 16.5. The second kappa shape index (κ2) is 11.2. The number of methoxy groups -OCH3 is 1. The third kappa shape index (κ3) is 5.26. The topological polar surface area (TPSA) is 90.5 Å². The molecule has 1 atom stereocenters. The number of carbonyl (C=O) groups excluding carboxylic acids is 2. The van der Waals surface area contributed by atoms with E-state index in [-0.39, 0.29) is 23.9 Å². The first-order valence-electron chi connectivity index (χ1n) is 13.2. The molecule has 0 saturated heterocycles. The molecular weight excluding hydrogens is 464 g/mol. The van der Waals surface area contributed by atoms with Gasteiger partial charge < -0.3 is 15.0 Å². The number of nitrogens with two attached hydrogens (primary N) is 1. The molecule has 2 heterocycles. The zero-order valence-corrected chi connectivity index (χ0v) is 22.5. The SMILES string of the molecule is COC(=O)C=Cc1cn(C(C2CCCC2)N(C(N)=O)c2c(C(C)C)cccc2C(C)C)c2ncccc12. The summed E-state index contributed by atoms with van der Waals surface area (Å²) in [5.41, 5.74) is 11.0. The van der Waals surface area contributed by atoms with E-state index in [0.29, 0.717) is 0 Å². The third-order valence-electron chi connectivity index (χ3n) is 7.41. The Balaban J connectivity index is 2.00. The smallest absolute Gasteiger partial charge is 0.330 e. The first-order valence-corrected chi connectivity index (χ1v) is 13.2. The van der Waals surface area contributed by atoms with Gasteiger partial charge in [-0.1, -0.05) is 58.7 Å². The maximum absolute atomic E-state index is 13.5. The van der Waals surface area contributed by atoms with Crippen LogP contribution in [-0.4, -0.2) is 28.7 Å². The third-order valence-corrected chi connectivity index (χ3v) is 7.41. The number of aromatic nitrogens is 2. The van der Waals surface area contributed by atoms with Gasteiger partial charge in [-0.25, -0.2) is 14.6 Å². The molecule has 196 valence electrons. The maximum atomic E-state index is 13.5. The number of benzene rings is 1. The standard InChI is InChI=1S/C30H38N4O3/c1-19(2)23-12-8-13-24(20(3)4)27(23)34(30(31)36)29(21-10-6-7-11-21)33-18-22(15-16-26(35)37-5)25-14-9-17-32-28(25)33/h8-9,12-21,29H,6-7,10-11H2,1-5H3,(H2,31,36). The molecular formula is C30H38N4O3. The Bertz CT molecular complexity index is 1280. The number of primary amides is 1. The molecule has 0 spiro atoms. The highest BCUT2D eigenvalue weighted by molar-refractivity contribution is 5.95. The van der Waals surface area contributed by atoms with Crippen molar-refractivity contribution in [2.45, 2.75) is 71.4 Å². The molecule has 0 bridgehead atoms. The number of nitrogens with zero attached hydrogens (tertiary/aromatic N) is 3. The van der Waals surface area contributed by atoms with Crippen molar-refractivity contribution >= 4 is 34.8 Å². The van der Waals surface area contributed by atoms with Crippen LogP contribution in [0.15, 0.2) is 48.8 Å². The molecule has 1 saturated carbocycles. The van der Waals surface area contributed by atoms with Gasteiger partial charge in [0.2, 0.25) is 0 Å². The Hall–Kier alpha value is -3.61. The molecule has 3 aromatic rings. The summed E-state index contributed by atoms with van der Waals surface area (Å²) in [6, 6.07) is 9.66. The molecule has 7 heteroatoms. The molecule has 1 aliphatic rings. The largest absolute Gasteiger partial charge is 0.466 e. The lowest BCUT2D eigenvalue weighted by Gasteiger charge is -2.39. The Kier molecular flexibility index (Phi) is 8.00. The number of esters is 1. The van der Waals surface area contributed by atoms with Crippen LogP contribution in [0.1, 0.15) is 88.1 Å². The summed E-state index contributed by atoms with van der Waals surface area (Å²) in [7, 11) is 1.36. The fourth-order valence-corrected chi connectivity index (χ4v) is 5.65. The first kappa shape index (κ1) is 26.5. The molecule has 0 aliphatic heterocycles. The second-order valence-electron chi connectivity index (χ2n) is 10.5. The van der Waals surface area contributed by atoms with Crippen LogP contribution in [0.25, 0.3) is 17.1 Å². The first-order chi connectivity index (χ1) is 17.7. The molecule has 1 aromatic carbocycles. The lowest BCUT2D eigenvalue weighted by molar-refractivity contribution is -0.134. The van der Waals surface area contributed by atoms with Crippen LogP contribution in [0, 0.1) is 5.92 Å². The van der Waals surface area contributed by atoms with Crippen LogP contribution in [0.4, 0.5) is 10.5 Å². The van der Waals surface area contributed by atoms with Gasteiger partial charge in [-0.2, -0.15) is 0 Å². The van der Waals surface area contributed by atoms with Crippen molar-refractivity contribution < 1.29 is 14.3 Å². The Labute approximate surface area is 219 Å². The van der Waals surface area contributed by atoms with Gasteiger partial charge in [-0.15, -0.1) is 0 Å². The van der Waals surface area contributed by atoms with Gasteiger partial charge in [0.25, 0.3) is 0 Å². The average molecular weight is 503 g/mol. The van der Waals surface area contributed by atoms with Gasteiger partial charge in [0.1, 0.15) is 11.8 Å². The van der Waals surface area contributed by atoms with Crippen LogP contribution in [0.3, 0.4) is 0 Å². The minimum atomic E-state index is -0.476. The van der Waals surface area contributed by atoms with Crippen molar-refractivity contribution in [3.8, 4) is 0 Å². The summed E-state index contributed by atoms with van der Waals surface area (Å²) in [4.78, 5) is 31.9. The van der Waals surface area contributed by atoms with Gasteiger partial charge in [0, 0.05) is 29.4 Å². The minimum Gasteiger partial charge on any atom is -0.466 e. The van der Waals surface area contributed by atoms with E-state index >= 15 is 0 Å². The van der Waals surface area contributed by atoms with Crippen molar-refractivity contribution in [1.82, 2.24) is 9.55 Å². The van der Waals surface area contributed by atoms with E-state index in [0.717, 1.165) is 59.1 Å². The predicted molar refractivity (Wildman–Crippen MR) is 148 cm³/mol. The van der Waals surface area contributed by atoms with Crippen molar-refractivity contribution in [1.29, 1.82) is 0 Å². The van der Waals surface area contributed by atoms with E-state index in [4.69, 9.17) is 15.5 Å². The van der Waals surface area contributed by atoms with Crippen LogP contribution in [0.5, 0.6) is 0 Å². The monoisotopic (exact) mass is 502 g/mol. The molecule has 2 aromatic heterocycles. The quantitative estimate of drug-likeness (QED) is 0.273. The number of pyridine rings is 1. The average Bonchev–Trinajstić information content (AvgIpc) is 3.53. The molecule has 2 amide bonds. The number of fused-ring (bicyclic) bond motifs is 1. The Morgan fingerprint density at radius 3 is 2.30 bits per heavy atom. The maximum Gasteiger partial charge on any atom is 0.330 e. The fourth-order valence-electron chi connectivity index (χ4n) is 5.65. The molecule has 4 rings (SSSR count). The van der Waals surface area contributed by atoms with Crippen molar-refractivity contribution in [2.75, 3.05) is 12.0 Å². The summed E-state index contributed by atoms with van der Waals surface area (Å²) in [5, 5.41) is 0.899. The van der Waals surface area contributed by atoms with Gasteiger partial charge >= 0.3 is 12.0 Å².